The van der Waals surface area contributed by atoms with E-state index < -0.39 is 5.97 Å². The van der Waals surface area contributed by atoms with E-state index in [0.717, 1.165) is 15.3 Å². The minimum absolute atomic E-state index is 0.0330. The Morgan fingerprint density at radius 2 is 1.81 bits per heavy atom. The molecule has 0 aliphatic carbocycles. The largest absolute Gasteiger partial charge is 0.456 e. The van der Waals surface area contributed by atoms with Crippen LogP contribution in [-0.2, 0) is 14.3 Å². The molecule has 2 aromatic rings. The Balaban J connectivity index is 1.72. The molecule has 6 heteroatoms. The Kier molecular flexibility index (Phi) is 7.09. The van der Waals surface area contributed by atoms with Crippen molar-refractivity contribution in [2.75, 3.05) is 6.61 Å². The number of carbonyl (C=O) groups excluding carboxylic acids is 3. The van der Waals surface area contributed by atoms with Gasteiger partial charge in [0.1, 0.15) is 0 Å². The van der Waals surface area contributed by atoms with E-state index in [1.165, 1.54) is 0 Å². The number of carbonyl (C=O) groups is 3. The fraction of sp³-hybridized carbons (Fsp3) is 0.350. The molecule has 1 aromatic carbocycles. The van der Waals surface area contributed by atoms with Crippen LogP contribution in [0.3, 0.4) is 0 Å². The first-order valence-corrected chi connectivity index (χ1v) is 9.28. The third kappa shape index (κ3) is 5.81. The Bertz CT molecular complexity index is 782. The molecule has 1 N–H and O–H groups in total. The first-order chi connectivity index (χ1) is 12.4. The molecular weight excluding hydrogens is 350 g/mol. The molecule has 1 amide bonds. The maximum atomic E-state index is 12.1. The van der Waals surface area contributed by atoms with Gasteiger partial charge >= 0.3 is 5.97 Å². The molecule has 5 nitrogen and oxygen atoms in total. The predicted octanol–water partition coefficient (Wildman–Crippen LogP) is 3.75. The second kappa shape index (κ2) is 9.29. The highest BCUT2D eigenvalue weighted by molar-refractivity contribution is 7.12. The van der Waals surface area contributed by atoms with E-state index in [4.69, 9.17) is 4.74 Å². The predicted molar refractivity (Wildman–Crippen MR) is 101 cm³/mol. The minimum Gasteiger partial charge on any atom is -0.456 e. The maximum Gasteiger partial charge on any atom is 0.306 e. The molecule has 0 bridgehead atoms. The fourth-order valence-electron chi connectivity index (χ4n) is 2.58. The molecule has 0 radical (unpaired) electrons. The molecule has 0 aliphatic heterocycles. The van der Waals surface area contributed by atoms with Crippen LogP contribution in [-0.4, -0.2) is 24.3 Å². The maximum absolute atomic E-state index is 12.1. The Morgan fingerprint density at radius 3 is 2.42 bits per heavy atom. The van der Waals surface area contributed by atoms with Crippen molar-refractivity contribution in [1.82, 2.24) is 5.32 Å². The van der Waals surface area contributed by atoms with Gasteiger partial charge in [-0.25, -0.2) is 0 Å². The van der Waals surface area contributed by atoms with Crippen LogP contribution in [0.1, 0.15) is 51.5 Å². The standard InChI is InChI=1S/C20H23NO4S/c1-13-11-17(15(3)26-13)18(22)9-10-20(24)25-12-19(23)21-14(2)16-7-5-4-6-8-16/h4-8,11,14H,9-10,12H2,1-3H3,(H,21,23)/t14-/m0/s1. The van der Waals surface area contributed by atoms with Crippen molar-refractivity contribution in [1.29, 1.82) is 0 Å². The smallest absolute Gasteiger partial charge is 0.306 e. The number of esters is 1. The SMILES string of the molecule is Cc1cc(C(=O)CCC(=O)OCC(=O)N[C@@H](C)c2ccccc2)c(C)s1. The normalized spacial score (nSPS) is 11.7. The number of nitrogens with one attached hydrogen (secondary N) is 1. The average molecular weight is 373 g/mol. The third-order valence-electron chi connectivity index (χ3n) is 3.94. The lowest BCUT2D eigenvalue weighted by Gasteiger charge is -2.14. The van der Waals surface area contributed by atoms with Crippen molar-refractivity contribution in [3.05, 3.63) is 57.3 Å². The summed E-state index contributed by atoms with van der Waals surface area (Å²) < 4.78 is 4.96. The summed E-state index contributed by atoms with van der Waals surface area (Å²) in [6.07, 6.45) is 0.0482. The van der Waals surface area contributed by atoms with Crippen LogP contribution in [0.4, 0.5) is 0 Å². The van der Waals surface area contributed by atoms with Gasteiger partial charge in [-0.1, -0.05) is 30.3 Å². The summed E-state index contributed by atoms with van der Waals surface area (Å²) in [4.78, 5) is 37.8. The quantitative estimate of drug-likeness (QED) is 0.565. The van der Waals surface area contributed by atoms with Crippen LogP contribution in [0.15, 0.2) is 36.4 Å². The summed E-state index contributed by atoms with van der Waals surface area (Å²) in [5, 5.41) is 2.77. The number of amides is 1. The van der Waals surface area contributed by atoms with Crippen LogP contribution in [0.5, 0.6) is 0 Å². The number of rotatable bonds is 8. The van der Waals surface area contributed by atoms with E-state index in [0.29, 0.717) is 5.56 Å². The van der Waals surface area contributed by atoms with Gasteiger partial charge in [0, 0.05) is 21.7 Å². The van der Waals surface area contributed by atoms with Gasteiger partial charge in [-0.15, -0.1) is 11.3 Å². The lowest BCUT2D eigenvalue weighted by Crippen LogP contribution is -2.31. The third-order valence-corrected chi connectivity index (χ3v) is 4.90. The molecule has 2 rings (SSSR count). The number of aryl methyl sites for hydroxylation is 2. The molecule has 0 saturated carbocycles. The highest BCUT2D eigenvalue weighted by Crippen LogP contribution is 2.22. The van der Waals surface area contributed by atoms with Crippen molar-refractivity contribution in [3.63, 3.8) is 0 Å². The Morgan fingerprint density at radius 1 is 1.12 bits per heavy atom. The average Bonchev–Trinajstić information content (AvgIpc) is 2.97. The summed E-state index contributed by atoms with van der Waals surface area (Å²) in [6.45, 7) is 5.35. The number of hydrogen-bond acceptors (Lipinski definition) is 5. The van der Waals surface area contributed by atoms with Gasteiger partial charge in [-0.05, 0) is 32.4 Å². The van der Waals surface area contributed by atoms with Crippen molar-refractivity contribution >= 4 is 29.0 Å². The van der Waals surface area contributed by atoms with Gasteiger partial charge in [0.15, 0.2) is 12.4 Å². The highest BCUT2D eigenvalue weighted by atomic mass is 32.1. The molecule has 1 aromatic heterocycles. The summed E-state index contributed by atoms with van der Waals surface area (Å²) in [5.74, 6) is -0.998. The summed E-state index contributed by atoms with van der Waals surface area (Å²) in [6, 6.07) is 11.2. The molecule has 0 aliphatic rings. The van der Waals surface area contributed by atoms with Crippen LogP contribution in [0.25, 0.3) is 0 Å². The van der Waals surface area contributed by atoms with E-state index in [9.17, 15) is 14.4 Å². The molecule has 1 atom stereocenters. The molecule has 0 saturated heterocycles. The molecular formula is C20H23NO4S. The Hall–Kier alpha value is -2.47. The minimum atomic E-state index is -0.550. The van der Waals surface area contributed by atoms with E-state index in [1.54, 1.807) is 11.3 Å². The van der Waals surface area contributed by atoms with Gasteiger partial charge in [0.2, 0.25) is 0 Å². The molecule has 26 heavy (non-hydrogen) atoms. The van der Waals surface area contributed by atoms with E-state index in [1.807, 2.05) is 57.2 Å². The number of ether oxygens (including phenoxy) is 1. The number of thiophene rings is 1. The molecule has 0 fully saturated rings. The molecule has 0 spiro atoms. The summed E-state index contributed by atoms with van der Waals surface area (Å²) >= 11 is 1.56. The Labute approximate surface area is 157 Å². The van der Waals surface area contributed by atoms with Crippen molar-refractivity contribution in [2.24, 2.45) is 0 Å². The van der Waals surface area contributed by atoms with Gasteiger partial charge in [-0.3, -0.25) is 14.4 Å². The van der Waals surface area contributed by atoms with Crippen molar-refractivity contribution in [3.8, 4) is 0 Å². The molecule has 1 heterocycles. The second-order valence-corrected chi connectivity index (χ2v) is 7.57. The molecule has 138 valence electrons. The van der Waals surface area contributed by atoms with Gasteiger partial charge in [0.25, 0.3) is 5.91 Å². The topological polar surface area (TPSA) is 72.5 Å². The zero-order chi connectivity index (χ0) is 19.1. The van der Waals surface area contributed by atoms with E-state index in [-0.39, 0.29) is 37.2 Å². The lowest BCUT2D eigenvalue weighted by atomic mass is 10.1. The first-order valence-electron chi connectivity index (χ1n) is 8.47. The van der Waals surface area contributed by atoms with Crippen molar-refractivity contribution in [2.45, 2.75) is 39.7 Å². The molecule has 0 unspecified atom stereocenters. The van der Waals surface area contributed by atoms with E-state index in [2.05, 4.69) is 5.32 Å². The zero-order valence-electron chi connectivity index (χ0n) is 15.2. The van der Waals surface area contributed by atoms with Gasteiger partial charge in [-0.2, -0.15) is 0 Å². The highest BCUT2D eigenvalue weighted by Gasteiger charge is 2.16. The number of Topliss-reactive ketones (excluding diaryl/α,β-unsaturated/α-hetero) is 1. The van der Waals surface area contributed by atoms with Gasteiger partial charge in [0.05, 0.1) is 12.5 Å². The van der Waals surface area contributed by atoms with Gasteiger partial charge < -0.3 is 10.1 Å². The number of benzene rings is 1. The van der Waals surface area contributed by atoms with Crippen LogP contribution >= 0.6 is 11.3 Å². The first kappa shape index (κ1) is 19.8. The van der Waals surface area contributed by atoms with E-state index >= 15 is 0 Å². The number of hydrogen-bond donors (Lipinski definition) is 1. The monoisotopic (exact) mass is 373 g/mol. The lowest BCUT2D eigenvalue weighted by molar-refractivity contribution is -0.148. The zero-order valence-corrected chi connectivity index (χ0v) is 16.0. The van der Waals surface area contributed by atoms with Crippen LogP contribution in [0, 0.1) is 13.8 Å². The van der Waals surface area contributed by atoms with Crippen LogP contribution in [0.2, 0.25) is 0 Å². The second-order valence-electron chi connectivity index (χ2n) is 6.11. The fourth-order valence-corrected chi connectivity index (χ4v) is 3.53. The summed E-state index contributed by atoms with van der Waals surface area (Å²) in [7, 11) is 0. The number of ketones is 1. The summed E-state index contributed by atoms with van der Waals surface area (Å²) in [5.41, 5.74) is 1.63. The van der Waals surface area contributed by atoms with Crippen LogP contribution < -0.4 is 5.32 Å². The van der Waals surface area contributed by atoms with Crippen molar-refractivity contribution < 1.29 is 19.1 Å².